The number of hydrogen-bond donors (Lipinski definition) is 3. The Kier molecular flexibility index (Phi) is 5.54. The van der Waals surface area contributed by atoms with E-state index in [2.05, 4.69) is 17.2 Å². The quantitative estimate of drug-likeness (QED) is 0.380. The summed E-state index contributed by atoms with van der Waals surface area (Å²) < 4.78 is 0. The van der Waals surface area contributed by atoms with E-state index in [9.17, 15) is 9.59 Å². The van der Waals surface area contributed by atoms with Crippen LogP contribution in [-0.2, 0) is 9.59 Å². The highest BCUT2D eigenvalue weighted by atomic mass is 16.4. The van der Waals surface area contributed by atoms with Gasteiger partial charge in [-0.2, -0.15) is 0 Å². The van der Waals surface area contributed by atoms with Crippen LogP contribution in [0.1, 0.15) is 6.42 Å². The standard InChI is InChI=1S/C8H14N2O3/c1-6(5-7(11)12)8(13)10-4-3-9-2/h9H,1,3-5H2,2H3,(H,10,13)(H,11,12). The lowest BCUT2D eigenvalue weighted by molar-refractivity contribution is -0.137. The molecule has 0 saturated heterocycles. The number of amides is 1. The maximum absolute atomic E-state index is 11.1. The average molecular weight is 186 g/mol. The van der Waals surface area contributed by atoms with E-state index in [-0.39, 0.29) is 12.0 Å². The Morgan fingerprint density at radius 1 is 1.38 bits per heavy atom. The van der Waals surface area contributed by atoms with Crippen LogP contribution in [0.25, 0.3) is 0 Å². The number of carbonyl (C=O) groups is 2. The monoisotopic (exact) mass is 186 g/mol. The molecule has 0 aliphatic rings. The summed E-state index contributed by atoms with van der Waals surface area (Å²) in [7, 11) is 1.76. The first kappa shape index (κ1) is 11.6. The fourth-order valence-corrected chi connectivity index (χ4v) is 0.689. The van der Waals surface area contributed by atoms with Crippen molar-refractivity contribution in [3.63, 3.8) is 0 Å². The second-order valence-electron chi connectivity index (χ2n) is 2.53. The second kappa shape index (κ2) is 6.19. The van der Waals surface area contributed by atoms with Gasteiger partial charge in [-0.15, -0.1) is 0 Å². The fraction of sp³-hybridized carbons (Fsp3) is 0.500. The van der Waals surface area contributed by atoms with E-state index in [0.29, 0.717) is 13.1 Å². The van der Waals surface area contributed by atoms with Gasteiger partial charge in [0, 0.05) is 18.7 Å². The molecule has 0 aliphatic carbocycles. The maximum atomic E-state index is 11.1. The van der Waals surface area contributed by atoms with Crippen molar-refractivity contribution in [3.05, 3.63) is 12.2 Å². The van der Waals surface area contributed by atoms with Crippen molar-refractivity contribution >= 4 is 11.9 Å². The van der Waals surface area contributed by atoms with Crippen molar-refractivity contribution in [2.45, 2.75) is 6.42 Å². The first-order valence-electron chi connectivity index (χ1n) is 3.90. The van der Waals surface area contributed by atoms with E-state index in [1.165, 1.54) is 0 Å². The van der Waals surface area contributed by atoms with Gasteiger partial charge in [0.2, 0.25) is 5.91 Å². The molecule has 1 amide bonds. The van der Waals surface area contributed by atoms with E-state index >= 15 is 0 Å². The molecule has 3 N–H and O–H groups in total. The molecule has 0 fully saturated rings. The largest absolute Gasteiger partial charge is 0.481 e. The van der Waals surface area contributed by atoms with E-state index in [4.69, 9.17) is 5.11 Å². The Morgan fingerprint density at radius 2 is 2.00 bits per heavy atom. The third-order valence-electron chi connectivity index (χ3n) is 1.35. The molecule has 5 heteroatoms. The molecule has 5 nitrogen and oxygen atoms in total. The van der Waals surface area contributed by atoms with Gasteiger partial charge in [-0.3, -0.25) is 9.59 Å². The molecule has 13 heavy (non-hydrogen) atoms. The van der Waals surface area contributed by atoms with E-state index in [1.54, 1.807) is 7.05 Å². The third-order valence-corrected chi connectivity index (χ3v) is 1.35. The van der Waals surface area contributed by atoms with Crippen LogP contribution in [0.2, 0.25) is 0 Å². The topological polar surface area (TPSA) is 78.4 Å². The highest BCUT2D eigenvalue weighted by Gasteiger charge is 2.09. The lowest BCUT2D eigenvalue weighted by Gasteiger charge is -2.04. The Labute approximate surface area is 76.8 Å². The molecular formula is C8H14N2O3. The minimum atomic E-state index is -1.05. The third kappa shape index (κ3) is 5.86. The minimum Gasteiger partial charge on any atom is -0.481 e. The van der Waals surface area contributed by atoms with Crippen LogP contribution >= 0.6 is 0 Å². The SMILES string of the molecule is C=C(CC(=O)O)C(=O)NCCNC. The van der Waals surface area contributed by atoms with Crippen LogP contribution in [0, 0.1) is 0 Å². The van der Waals surface area contributed by atoms with E-state index in [1.807, 2.05) is 0 Å². The number of aliphatic carboxylic acids is 1. The fourth-order valence-electron chi connectivity index (χ4n) is 0.689. The number of nitrogens with one attached hydrogen (secondary N) is 2. The second-order valence-corrected chi connectivity index (χ2v) is 2.53. The molecule has 0 aromatic heterocycles. The van der Waals surface area contributed by atoms with E-state index < -0.39 is 11.9 Å². The summed E-state index contributed by atoms with van der Waals surface area (Å²) in [5.41, 5.74) is 0.0728. The van der Waals surface area contributed by atoms with Crippen LogP contribution in [-0.4, -0.2) is 37.1 Å². The van der Waals surface area contributed by atoms with Crippen molar-refractivity contribution in [1.29, 1.82) is 0 Å². The van der Waals surface area contributed by atoms with Crippen molar-refractivity contribution in [2.75, 3.05) is 20.1 Å². The summed E-state index contributed by atoms with van der Waals surface area (Å²) in [4.78, 5) is 21.2. The van der Waals surface area contributed by atoms with Crippen LogP contribution in [0.4, 0.5) is 0 Å². The van der Waals surface area contributed by atoms with Crippen LogP contribution < -0.4 is 10.6 Å². The van der Waals surface area contributed by atoms with Crippen LogP contribution in [0.5, 0.6) is 0 Å². The lowest BCUT2D eigenvalue weighted by Crippen LogP contribution is -2.31. The van der Waals surface area contributed by atoms with Gasteiger partial charge in [0.1, 0.15) is 0 Å². The predicted molar refractivity (Wildman–Crippen MR) is 48.3 cm³/mol. The minimum absolute atomic E-state index is 0.0728. The van der Waals surface area contributed by atoms with Gasteiger partial charge in [-0.1, -0.05) is 6.58 Å². The first-order valence-corrected chi connectivity index (χ1v) is 3.90. The van der Waals surface area contributed by atoms with Gasteiger partial charge in [-0.05, 0) is 7.05 Å². The molecule has 0 rings (SSSR count). The summed E-state index contributed by atoms with van der Waals surface area (Å²) in [6.07, 6.45) is -0.314. The molecule has 0 aromatic carbocycles. The Hall–Kier alpha value is -1.36. The number of likely N-dealkylation sites (N-methyl/N-ethyl adjacent to an activating group) is 1. The molecule has 0 radical (unpaired) electrons. The zero-order chi connectivity index (χ0) is 10.3. The summed E-state index contributed by atoms with van der Waals surface area (Å²) >= 11 is 0. The zero-order valence-electron chi connectivity index (χ0n) is 7.59. The Bertz CT molecular complexity index is 213. The normalized spacial score (nSPS) is 9.31. The zero-order valence-corrected chi connectivity index (χ0v) is 7.59. The lowest BCUT2D eigenvalue weighted by atomic mass is 10.2. The van der Waals surface area contributed by atoms with Gasteiger partial charge in [-0.25, -0.2) is 0 Å². The molecule has 0 spiro atoms. The highest BCUT2D eigenvalue weighted by Crippen LogP contribution is 1.96. The summed E-state index contributed by atoms with van der Waals surface area (Å²) in [6, 6.07) is 0. The van der Waals surface area contributed by atoms with Gasteiger partial charge in [0.25, 0.3) is 0 Å². The van der Waals surface area contributed by atoms with Crippen molar-refractivity contribution in [3.8, 4) is 0 Å². The molecule has 0 bridgehead atoms. The molecule has 0 aliphatic heterocycles. The molecule has 0 atom stereocenters. The Morgan fingerprint density at radius 3 is 2.46 bits per heavy atom. The smallest absolute Gasteiger partial charge is 0.308 e. The van der Waals surface area contributed by atoms with Gasteiger partial charge in [0.15, 0.2) is 0 Å². The molecule has 0 unspecified atom stereocenters. The average Bonchev–Trinajstić information content (AvgIpc) is 2.03. The molecular weight excluding hydrogens is 172 g/mol. The van der Waals surface area contributed by atoms with E-state index in [0.717, 1.165) is 0 Å². The molecule has 0 aromatic rings. The maximum Gasteiger partial charge on any atom is 0.308 e. The van der Waals surface area contributed by atoms with Crippen LogP contribution in [0.15, 0.2) is 12.2 Å². The summed E-state index contributed by atoms with van der Waals surface area (Å²) in [5.74, 6) is -1.45. The van der Waals surface area contributed by atoms with Crippen LogP contribution in [0.3, 0.4) is 0 Å². The van der Waals surface area contributed by atoms with Gasteiger partial charge < -0.3 is 15.7 Å². The molecule has 0 saturated carbocycles. The number of hydrogen-bond acceptors (Lipinski definition) is 3. The van der Waals surface area contributed by atoms with Crippen molar-refractivity contribution in [1.82, 2.24) is 10.6 Å². The number of carboxylic acids is 1. The first-order chi connectivity index (χ1) is 6.07. The predicted octanol–water partition coefficient (Wildman–Crippen LogP) is -0.647. The van der Waals surface area contributed by atoms with Crippen molar-refractivity contribution < 1.29 is 14.7 Å². The van der Waals surface area contributed by atoms with Crippen molar-refractivity contribution in [2.24, 2.45) is 0 Å². The van der Waals surface area contributed by atoms with Gasteiger partial charge >= 0.3 is 5.97 Å². The Balaban J connectivity index is 3.70. The number of carboxylic acid groups (broad SMARTS) is 1. The van der Waals surface area contributed by atoms with Gasteiger partial charge in [0.05, 0.1) is 6.42 Å². The highest BCUT2D eigenvalue weighted by molar-refractivity contribution is 5.96. The number of rotatable bonds is 6. The molecule has 74 valence electrons. The number of carbonyl (C=O) groups excluding carboxylic acids is 1. The molecule has 0 heterocycles. The summed E-state index contributed by atoms with van der Waals surface area (Å²) in [5, 5.41) is 13.7. The summed E-state index contributed by atoms with van der Waals surface area (Å²) in [6.45, 7) is 4.47.